The molecular weight excluding hydrogens is 444 g/mol. The van der Waals surface area contributed by atoms with Gasteiger partial charge in [0.2, 0.25) is 5.91 Å². The molecule has 1 amide bonds. The van der Waals surface area contributed by atoms with E-state index in [0.29, 0.717) is 25.0 Å². The standard InChI is InChI=1S/C26H26N6OS/c1-16-30-21(14-34-16)12-25(33)32(22-5-6-22)13-20-10-18(8-9-27-20)17-2-7-24-23(11-17)26(29-15-28-24)31-19-3-4-19/h2,7-11,14-15,19,22H,3-6,12-13H2,1H3,(H,28,29,31). The van der Waals surface area contributed by atoms with E-state index in [2.05, 4.69) is 43.5 Å². The normalized spacial score (nSPS) is 15.4. The molecule has 3 aromatic heterocycles. The number of benzene rings is 1. The fourth-order valence-corrected chi connectivity index (χ4v) is 4.86. The molecule has 172 valence electrons. The molecule has 0 saturated heterocycles. The average molecular weight is 471 g/mol. The number of nitrogens with zero attached hydrogens (tertiary/aromatic N) is 5. The van der Waals surface area contributed by atoms with Crippen molar-refractivity contribution in [1.29, 1.82) is 0 Å². The second-order valence-electron chi connectivity index (χ2n) is 9.20. The second kappa shape index (κ2) is 8.76. The highest BCUT2D eigenvalue weighted by Crippen LogP contribution is 2.32. The lowest BCUT2D eigenvalue weighted by Crippen LogP contribution is -2.34. The highest BCUT2D eigenvalue weighted by molar-refractivity contribution is 7.09. The Morgan fingerprint density at radius 1 is 1.06 bits per heavy atom. The molecule has 8 heteroatoms. The predicted molar refractivity (Wildman–Crippen MR) is 134 cm³/mol. The topological polar surface area (TPSA) is 83.9 Å². The number of fused-ring (bicyclic) bond motifs is 1. The molecule has 0 atom stereocenters. The van der Waals surface area contributed by atoms with Crippen molar-refractivity contribution in [3.63, 3.8) is 0 Å². The molecule has 1 aromatic carbocycles. The van der Waals surface area contributed by atoms with E-state index in [4.69, 9.17) is 0 Å². The van der Waals surface area contributed by atoms with E-state index in [9.17, 15) is 4.79 Å². The van der Waals surface area contributed by atoms with E-state index < -0.39 is 0 Å². The quantitative estimate of drug-likeness (QED) is 0.400. The molecule has 1 N–H and O–H groups in total. The van der Waals surface area contributed by atoms with Gasteiger partial charge < -0.3 is 10.2 Å². The minimum atomic E-state index is 0.124. The first-order chi connectivity index (χ1) is 16.6. The van der Waals surface area contributed by atoms with Gasteiger partial charge in [-0.3, -0.25) is 9.78 Å². The maximum Gasteiger partial charge on any atom is 0.229 e. The van der Waals surface area contributed by atoms with Gasteiger partial charge in [0, 0.05) is 29.0 Å². The van der Waals surface area contributed by atoms with Crippen LogP contribution in [0.3, 0.4) is 0 Å². The van der Waals surface area contributed by atoms with Crippen molar-refractivity contribution in [2.75, 3.05) is 5.32 Å². The first kappa shape index (κ1) is 21.2. The summed E-state index contributed by atoms with van der Waals surface area (Å²) in [5.74, 6) is 1.02. The highest BCUT2D eigenvalue weighted by atomic mass is 32.1. The minimum absolute atomic E-state index is 0.124. The molecule has 2 aliphatic carbocycles. The van der Waals surface area contributed by atoms with Crippen molar-refractivity contribution in [2.45, 2.75) is 57.7 Å². The van der Waals surface area contributed by atoms with Gasteiger partial charge in [0.05, 0.1) is 34.9 Å². The third-order valence-electron chi connectivity index (χ3n) is 6.34. The summed E-state index contributed by atoms with van der Waals surface area (Å²) in [4.78, 5) is 33.0. The molecule has 0 radical (unpaired) electrons. The van der Waals surface area contributed by atoms with Gasteiger partial charge in [-0.15, -0.1) is 11.3 Å². The number of rotatable bonds is 8. The van der Waals surface area contributed by atoms with Crippen LogP contribution in [0.2, 0.25) is 0 Å². The number of anilines is 1. The van der Waals surface area contributed by atoms with Crippen LogP contribution >= 0.6 is 11.3 Å². The molecular formula is C26H26N6OS. The number of carbonyl (C=O) groups excluding carboxylic acids is 1. The smallest absolute Gasteiger partial charge is 0.229 e. The van der Waals surface area contributed by atoms with Crippen molar-refractivity contribution < 1.29 is 4.79 Å². The van der Waals surface area contributed by atoms with E-state index in [0.717, 1.165) is 57.1 Å². The van der Waals surface area contributed by atoms with Crippen molar-refractivity contribution in [1.82, 2.24) is 24.8 Å². The lowest BCUT2D eigenvalue weighted by atomic mass is 10.0. The molecule has 2 aliphatic rings. The number of nitrogens with one attached hydrogen (secondary N) is 1. The largest absolute Gasteiger partial charge is 0.367 e. The predicted octanol–water partition coefficient (Wildman–Crippen LogP) is 4.76. The lowest BCUT2D eigenvalue weighted by Gasteiger charge is -2.22. The summed E-state index contributed by atoms with van der Waals surface area (Å²) in [6.45, 7) is 2.49. The first-order valence-electron chi connectivity index (χ1n) is 11.8. The average Bonchev–Trinajstić information content (AvgIpc) is 3.78. The number of pyridine rings is 1. The van der Waals surface area contributed by atoms with Crippen LogP contribution in [0, 0.1) is 6.92 Å². The summed E-state index contributed by atoms with van der Waals surface area (Å²) in [5, 5.41) is 7.51. The van der Waals surface area contributed by atoms with Crippen LogP contribution in [0.5, 0.6) is 0 Å². The zero-order chi connectivity index (χ0) is 23.1. The van der Waals surface area contributed by atoms with Gasteiger partial charge in [-0.05, 0) is 68.0 Å². The summed E-state index contributed by atoms with van der Waals surface area (Å²) >= 11 is 1.59. The van der Waals surface area contributed by atoms with Crippen LogP contribution in [0.15, 0.2) is 48.2 Å². The van der Waals surface area contributed by atoms with Gasteiger partial charge in [-0.25, -0.2) is 15.0 Å². The van der Waals surface area contributed by atoms with Crippen molar-refractivity contribution in [3.8, 4) is 11.1 Å². The van der Waals surface area contributed by atoms with Crippen molar-refractivity contribution in [3.05, 3.63) is 64.6 Å². The van der Waals surface area contributed by atoms with Gasteiger partial charge in [0.15, 0.2) is 0 Å². The molecule has 2 saturated carbocycles. The van der Waals surface area contributed by atoms with Crippen LogP contribution in [0.1, 0.15) is 42.1 Å². The molecule has 34 heavy (non-hydrogen) atoms. The lowest BCUT2D eigenvalue weighted by molar-refractivity contribution is -0.131. The molecule has 0 unspecified atom stereocenters. The Bertz CT molecular complexity index is 1360. The van der Waals surface area contributed by atoms with Gasteiger partial charge in [0.25, 0.3) is 0 Å². The van der Waals surface area contributed by atoms with Crippen LogP contribution in [0.25, 0.3) is 22.0 Å². The summed E-state index contributed by atoms with van der Waals surface area (Å²) in [6, 6.07) is 11.2. The molecule has 0 bridgehead atoms. The Morgan fingerprint density at radius 3 is 2.68 bits per heavy atom. The van der Waals surface area contributed by atoms with E-state index in [1.54, 1.807) is 17.7 Å². The highest BCUT2D eigenvalue weighted by Gasteiger charge is 2.33. The third kappa shape index (κ3) is 4.63. The first-order valence-corrected chi connectivity index (χ1v) is 12.7. The monoisotopic (exact) mass is 470 g/mol. The van der Waals surface area contributed by atoms with E-state index in [-0.39, 0.29) is 5.91 Å². The number of hydrogen-bond donors (Lipinski definition) is 1. The van der Waals surface area contributed by atoms with Crippen LogP contribution in [-0.2, 0) is 17.8 Å². The van der Waals surface area contributed by atoms with Gasteiger partial charge >= 0.3 is 0 Å². The number of amides is 1. The number of hydrogen-bond acceptors (Lipinski definition) is 7. The van der Waals surface area contributed by atoms with Crippen molar-refractivity contribution >= 4 is 34.0 Å². The Kier molecular flexibility index (Phi) is 5.45. The van der Waals surface area contributed by atoms with Gasteiger partial charge in [0.1, 0.15) is 12.1 Å². The van der Waals surface area contributed by atoms with E-state index in [1.165, 1.54) is 12.8 Å². The Labute approximate surface area is 202 Å². The number of aromatic nitrogens is 4. The summed E-state index contributed by atoms with van der Waals surface area (Å²) < 4.78 is 0. The fraction of sp³-hybridized carbons (Fsp3) is 0.346. The van der Waals surface area contributed by atoms with Crippen LogP contribution < -0.4 is 5.32 Å². The Hall–Kier alpha value is -3.39. The Morgan fingerprint density at radius 2 is 1.91 bits per heavy atom. The maximum atomic E-state index is 13.1. The van der Waals surface area contributed by atoms with Gasteiger partial charge in [-0.2, -0.15) is 0 Å². The Balaban J connectivity index is 1.25. The van der Waals surface area contributed by atoms with Crippen LogP contribution in [0.4, 0.5) is 5.82 Å². The van der Waals surface area contributed by atoms with Gasteiger partial charge in [-0.1, -0.05) is 6.07 Å². The summed E-state index contributed by atoms with van der Waals surface area (Å²) in [5.41, 5.74) is 4.85. The zero-order valence-corrected chi connectivity index (χ0v) is 19.9. The molecule has 6 rings (SSSR count). The minimum Gasteiger partial charge on any atom is -0.367 e. The fourth-order valence-electron chi connectivity index (χ4n) is 4.24. The molecule has 0 spiro atoms. The zero-order valence-electron chi connectivity index (χ0n) is 19.1. The second-order valence-corrected chi connectivity index (χ2v) is 10.3. The number of carbonyl (C=O) groups is 1. The van der Waals surface area contributed by atoms with Crippen molar-refractivity contribution in [2.24, 2.45) is 0 Å². The number of aryl methyl sites for hydroxylation is 1. The molecule has 3 heterocycles. The molecule has 4 aromatic rings. The van der Waals surface area contributed by atoms with E-state index >= 15 is 0 Å². The summed E-state index contributed by atoms with van der Waals surface area (Å²) in [6.07, 6.45) is 8.30. The molecule has 2 fully saturated rings. The number of thiazole rings is 1. The molecule has 0 aliphatic heterocycles. The molecule has 7 nitrogen and oxygen atoms in total. The SMILES string of the molecule is Cc1nc(CC(=O)N(Cc2cc(-c3ccc4ncnc(NC5CC5)c4c3)ccn2)C2CC2)cs1. The van der Waals surface area contributed by atoms with Crippen LogP contribution in [-0.4, -0.2) is 42.8 Å². The third-order valence-corrected chi connectivity index (χ3v) is 7.16. The van der Waals surface area contributed by atoms with E-state index in [1.807, 2.05) is 35.5 Å². The maximum absolute atomic E-state index is 13.1. The summed E-state index contributed by atoms with van der Waals surface area (Å²) in [7, 11) is 0.